The predicted molar refractivity (Wildman–Crippen MR) is 142 cm³/mol. The number of hydrogen-bond donors (Lipinski definition) is 1. The normalized spacial score (nSPS) is 11.8. The van der Waals surface area contributed by atoms with Gasteiger partial charge in [0.1, 0.15) is 11.6 Å². The summed E-state index contributed by atoms with van der Waals surface area (Å²) in [5.41, 5.74) is 3.68. The molecule has 0 aliphatic rings. The van der Waals surface area contributed by atoms with Gasteiger partial charge in [-0.15, -0.1) is 6.58 Å². The summed E-state index contributed by atoms with van der Waals surface area (Å²) in [4.78, 5) is 0. The predicted octanol–water partition coefficient (Wildman–Crippen LogP) is 8.23. The van der Waals surface area contributed by atoms with Gasteiger partial charge in [-0.1, -0.05) is 72.8 Å². The van der Waals surface area contributed by atoms with Crippen LogP contribution in [0.25, 0.3) is 22.3 Å². The van der Waals surface area contributed by atoms with E-state index in [1.54, 1.807) is 73.7 Å². The topological polar surface area (TPSA) is 29.5 Å². The van der Waals surface area contributed by atoms with Crippen molar-refractivity contribution in [1.29, 1.82) is 0 Å². The number of aryl methyl sites for hydroxylation is 2. The van der Waals surface area contributed by atoms with E-state index in [0.29, 0.717) is 53.9 Å². The highest BCUT2D eigenvalue weighted by molar-refractivity contribution is 5.72. The van der Waals surface area contributed by atoms with Crippen molar-refractivity contribution < 1.29 is 23.0 Å². The second-order valence-electron chi connectivity index (χ2n) is 8.96. The van der Waals surface area contributed by atoms with Crippen LogP contribution >= 0.6 is 0 Å². The molecule has 5 heteroatoms. The second-order valence-corrected chi connectivity index (χ2v) is 8.96. The number of aliphatic hydroxyl groups excluding tert-OH is 1. The Kier molecular flexibility index (Phi) is 8.47. The molecular formula is C32H29F3O2. The van der Waals surface area contributed by atoms with Crippen LogP contribution in [0.1, 0.15) is 36.1 Å². The van der Waals surface area contributed by atoms with Gasteiger partial charge in [-0.3, -0.25) is 0 Å². The van der Waals surface area contributed by atoms with Crippen molar-refractivity contribution in [3.05, 3.63) is 126 Å². The molecule has 4 aromatic carbocycles. The molecule has 2 nitrogen and oxygen atoms in total. The first-order valence-corrected chi connectivity index (χ1v) is 12.2. The maximum atomic E-state index is 15.0. The number of ether oxygens (including phenoxy) is 1. The van der Waals surface area contributed by atoms with Gasteiger partial charge in [0.05, 0.1) is 12.7 Å². The van der Waals surface area contributed by atoms with E-state index in [1.807, 2.05) is 12.1 Å². The molecule has 1 N–H and O–H groups in total. The molecule has 0 fully saturated rings. The Hall–Kier alpha value is -3.83. The number of rotatable bonds is 10. The zero-order valence-electron chi connectivity index (χ0n) is 20.7. The van der Waals surface area contributed by atoms with Crippen molar-refractivity contribution in [2.24, 2.45) is 0 Å². The van der Waals surface area contributed by atoms with Crippen LogP contribution in [0.2, 0.25) is 0 Å². The first-order valence-electron chi connectivity index (χ1n) is 12.2. The van der Waals surface area contributed by atoms with Crippen molar-refractivity contribution >= 4 is 0 Å². The highest BCUT2D eigenvalue weighted by atomic mass is 19.2. The summed E-state index contributed by atoms with van der Waals surface area (Å²) in [5.74, 6) is -1.66. The smallest absolute Gasteiger partial charge is 0.167 e. The fourth-order valence-corrected chi connectivity index (χ4v) is 4.15. The van der Waals surface area contributed by atoms with Crippen LogP contribution in [-0.4, -0.2) is 11.7 Å². The summed E-state index contributed by atoms with van der Waals surface area (Å²) in [6, 6.07) is 21.9. The van der Waals surface area contributed by atoms with Gasteiger partial charge in [-0.05, 0) is 60.1 Å². The standard InChI is InChI=1S/C32H29F3O2/c1-3-4-19-37-27-16-15-26(30(33)20-27)10-7-22-5-8-24(9-6-22)28-17-18-29(32(35)31(28)34)25-13-11-23(12-14-25)21(2)36/h3,5-6,8-9,11-18,20-21,36H,1,4,7,10,19H2,2H3. The third kappa shape index (κ3) is 6.30. The van der Waals surface area contributed by atoms with Crippen molar-refractivity contribution in [3.63, 3.8) is 0 Å². The van der Waals surface area contributed by atoms with E-state index in [2.05, 4.69) is 6.58 Å². The van der Waals surface area contributed by atoms with E-state index in [0.717, 1.165) is 5.56 Å². The van der Waals surface area contributed by atoms with Crippen LogP contribution in [-0.2, 0) is 12.8 Å². The molecule has 1 atom stereocenters. The molecule has 190 valence electrons. The lowest BCUT2D eigenvalue weighted by molar-refractivity contribution is 0.199. The van der Waals surface area contributed by atoms with Crippen LogP contribution in [0.3, 0.4) is 0 Å². The Balaban J connectivity index is 1.44. The van der Waals surface area contributed by atoms with Gasteiger partial charge < -0.3 is 9.84 Å². The average molecular weight is 503 g/mol. The molecule has 0 saturated heterocycles. The Morgan fingerprint density at radius 3 is 1.95 bits per heavy atom. The largest absolute Gasteiger partial charge is 0.493 e. The Morgan fingerprint density at radius 2 is 1.41 bits per heavy atom. The summed E-state index contributed by atoms with van der Waals surface area (Å²) < 4.78 is 49.9. The SMILES string of the molecule is C=CCCOc1ccc(CCc2ccc(-c3ccc(-c4ccc(C(C)O)cc4)c(F)c3F)cc2)c(F)c1. The first-order chi connectivity index (χ1) is 17.9. The van der Waals surface area contributed by atoms with Gasteiger partial charge in [-0.25, -0.2) is 13.2 Å². The fraction of sp³-hybridized carbons (Fsp3) is 0.188. The lowest BCUT2D eigenvalue weighted by atomic mass is 9.96. The quantitative estimate of drug-likeness (QED) is 0.175. The van der Waals surface area contributed by atoms with Crippen LogP contribution in [0.4, 0.5) is 13.2 Å². The van der Waals surface area contributed by atoms with E-state index < -0.39 is 17.7 Å². The molecule has 0 saturated carbocycles. The molecule has 1 unspecified atom stereocenters. The lowest BCUT2D eigenvalue weighted by Crippen LogP contribution is -1.99. The fourth-order valence-electron chi connectivity index (χ4n) is 4.15. The van der Waals surface area contributed by atoms with Crippen LogP contribution in [0, 0.1) is 17.5 Å². The van der Waals surface area contributed by atoms with Crippen LogP contribution in [0.15, 0.2) is 91.5 Å². The van der Waals surface area contributed by atoms with Gasteiger partial charge >= 0.3 is 0 Å². The maximum Gasteiger partial charge on any atom is 0.167 e. The zero-order valence-corrected chi connectivity index (χ0v) is 20.7. The summed E-state index contributed by atoms with van der Waals surface area (Å²) in [6.07, 6.45) is 2.91. The minimum Gasteiger partial charge on any atom is -0.493 e. The molecule has 4 rings (SSSR count). The third-order valence-corrected chi connectivity index (χ3v) is 6.35. The second kappa shape index (κ2) is 11.9. The zero-order chi connectivity index (χ0) is 26.4. The molecule has 0 heterocycles. The molecule has 37 heavy (non-hydrogen) atoms. The Morgan fingerprint density at radius 1 is 0.811 bits per heavy atom. The molecule has 0 aliphatic heterocycles. The summed E-state index contributed by atoms with van der Waals surface area (Å²) in [5, 5.41) is 9.65. The van der Waals surface area contributed by atoms with Crippen LogP contribution in [0.5, 0.6) is 5.75 Å². The maximum absolute atomic E-state index is 15.0. The summed E-state index contributed by atoms with van der Waals surface area (Å²) in [6.45, 7) is 5.74. The number of hydrogen-bond acceptors (Lipinski definition) is 2. The van der Waals surface area contributed by atoms with Crippen molar-refractivity contribution in [1.82, 2.24) is 0 Å². The number of benzene rings is 4. The molecule has 0 spiro atoms. The molecule has 0 radical (unpaired) electrons. The molecule has 0 aromatic heterocycles. The Labute approximate surface area is 215 Å². The highest BCUT2D eigenvalue weighted by Gasteiger charge is 2.16. The molecule has 0 bridgehead atoms. The van der Waals surface area contributed by atoms with Crippen molar-refractivity contribution in [2.45, 2.75) is 32.3 Å². The lowest BCUT2D eigenvalue weighted by Gasteiger charge is -2.11. The first kappa shape index (κ1) is 26.2. The van der Waals surface area contributed by atoms with Gasteiger partial charge in [0, 0.05) is 17.2 Å². The molecule has 0 aliphatic carbocycles. The van der Waals surface area contributed by atoms with E-state index in [4.69, 9.17) is 4.74 Å². The molecule has 0 amide bonds. The summed E-state index contributed by atoms with van der Waals surface area (Å²) in [7, 11) is 0. The highest BCUT2D eigenvalue weighted by Crippen LogP contribution is 2.32. The molecular weight excluding hydrogens is 473 g/mol. The molecule has 4 aromatic rings. The monoisotopic (exact) mass is 502 g/mol. The number of aliphatic hydroxyl groups is 1. The van der Waals surface area contributed by atoms with E-state index in [9.17, 15) is 13.9 Å². The number of halogens is 3. The van der Waals surface area contributed by atoms with Crippen molar-refractivity contribution in [2.75, 3.05) is 6.61 Å². The summed E-state index contributed by atoms with van der Waals surface area (Å²) >= 11 is 0. The van der Waals surface area contributed by atoms with Crippen molar-refractivity contribution in [3.8, 4) is 28.0 Å². The third-order valence-electron chi connectivity index (χ3n) is 6.35. The van der Waals surface area contributed by atoms with Gasteiger partial charge in [0.25, 0.3) is 0 Å². The van der Waals surface area contributed by atoms with Gasteiger partial charge in [-0.2, -0.15) is 0 Å². The van der Waals surface area contributed by atoms with Crippen LogP contribution < -0.4 is 4.74 Å². The van der Waals surface area contributed by atoms with E-state index in [1.165, 1.54) is 6.07 Å². The minimum absolute atomic E-state index is 0.161. The van der Waals surface area contributed by atoms with Gasteiger partial charge in [0.15, 0.2) is 11.6 Å². The average Bonchev–Trinajstić information content (AvgIpc) is 2.90. The Bertz CT molecular complexity index is 1360. The van der Waals surface area contributed by atoms with E-state index in [-0.39, 0.29) is 16.9 Å². The van der Waals surface area contributed by atoms with E-state index >= 15 is 4.39 Å². The minimum atomic E-state index is -0.918. The van der Waals surface area contributed by atoms with Gasteiger partial charge in [0.2, 0.25) is 0 Å².